The summed E-state index contributed by atoms with van der Waals surface area (Å²) in [7, 11) is 0. The maximum absolute atomic E-state index is 13.7. The monoisotopic (exact) mass is 626 g/mol. The molecular weight excluding hydrogens is 590 g/mol. The zero-order valence-corrected chi connectivity index (χ0v) is 25.7. The maximum atomic E-state index is 13.7. The molecule has 3 heterocycles. The van der Waals surface area contributed by atoms with E-state index in [-0.39, 0.29) is 40.0 Å². The van der Waals surface area contributed by atoms with Crippen LogP contribution in [0, 0.1) is 17.2 Å². The van der Waals surface area contributed by atoms with Gasteiger partial charge < -0.3 is 20.1 Å². The van der Waals surface area contributed by atoms with Gasteiger partial charge in [0.2, 0.25) is 0 Å². The van der Waals surface area contributed by atoms with E-state index in [4.69, 9.17) is 4.98 Å². The largest absolute Gasteiger partial charge is 0.326 e. The molecule has 3 aliphatic carbocycles. The fourth-order valence-corrected chi connectivity index (χ4v) is 6.34. The molecule has 2 amide bonds. The number of halogens is 2. The summed E-state index contributed by atoms with van der Waals surface area (Å²) in [5.74, 6) is -3.04. The third-order valence-corrected chi connectivity index (χ3v) is 9.67. The predicted octanol–water partition coefficient (Wildman–Crippen LogP) is 5.62. The smallest absolute Gasteiger partial charge is 0.282 e. The molecule has 7 rings (SSSR count). The zero-order valence-electron chi connectivity index (χ0n) is 25.7. The molecule has 0 spiro atoms. The second kappa shape index (κ2) is 11.7. The lowest BCUT2D eigenvalue weighted by Crippen LogP contribution is -2.58. The first kappa shape index (κ1) is 30.2. The third-order valence-electron chi connectivity index (χ3n) is 9.67. The Balaban J connectivity index is 1.19. The minimum Gasteiger partial charge on any atom is -0.326 e. The molecule has 238 valence electrons. The molecule has 4 fully saturated rings. The van der Waals surface area contributed by atoms with Crippen molar-refractivity contribution >= 4 is 17.6 Å². The van der Waals surface area contributed by atoms with Gasteiger partial charge in [0.05, 0.1) is 24.7 Å². The predicted molar refractivity (Wildman–Crippen MR) is 168 cm³/mol. The lowest BCUT2D eigenvalue weighted by molar-refractivity contribution is -0.113. The number of nitrogens with one attached hydrogen (secondary N) is 2. The van der Waals surface area contributed by atoms with Gasteiger partial charge in [-0.25, -0.2) is 13.8 Å². The molecule has 1 saturated heterocycles. The van der Waals surface area contributed by atoms with Crippen LogP contribution in [0.4, 0.5) is 14.6 Å². The van der Waals surface area contributed by atoms with Gasteiger partial charge in [-0.3, -0.25) is 14.4 Å². The van der Waals surface area contributed by atoms with Crippen molar-refractivity contribution in [3.8, 4) is 17.2 Å². The molecule has 2 aromatic heterocycles. The number of carbonyl (C=O) groups is 2. The average molecular weight is 627 g/mol. The molecule has 46 heavy (non-hydrogen) atoms. The average Bonchev–Trinajstić information content (AvgIpc) is 3.91. The molecule has 2 N–H and O–H groups in total. The van der Waals surface area contributed by atoms with E-state index in [0.717, 1.165) is 41.8 Å². The number of benzene rings is 1. The standard InChI is InChI=1S/C35H36F2N6O3/c1-20(23-3-2-4-23)39-16-22-12-29(34(46)43(17-22)26-8-9-26)32(44)41-31-14-25(13-30(40-31)24-6-7-24)27-10-5-21(15-38)11-28(27)33(45)42-18-35(36,37)19-42/h5,10-14,17,20,23-24,26,39H,2-4,6-9,16,18-19H2,1H3,(H,40,41,44)/t20-/m0/s1. The molecule has 3 aromatic rings. The summed E-state index contributed by atoms with van der Waals surface area (Å²) >= 11 is 0. The first-order chi connectivity index (χ1) is 22.1. The van der Waals surface area contributed by atoms with E-state index >= 15 is 0 Å². The van der Waals surface area contributed by atoms with Crippen molar-refractivity contribution in [3.63, 3.8) is 0 Å². The lowest BCUT2D eigenvalue weighted by atomic mass is 9.80. The van der Waals surface area contributed by atoms with Gasteiger partial charge in [0.25, 0.3) is 23.3 Å². The zero-order chi connectivity index (χ0) is 32.2. The van der Waals surface area contributed by atoms with E-state index in [1.165, 1.54) is 25.3 Å². The highest BCUT2D eigenvalue weighted by atomic mass is 19.3. The Morgan fingerprint density at radius 3 is 2.46 bits per heavy atom. The first-order valence-corrected chi connectivity index (χ1v) is 16.1. The highest BCUT2D eigenvalue weighted by Gasteiger charge is 2.46. The van der Waals surface area contributed by atoms with Crippen LogP contribution in [0.3, 0.4) is 0 Å². The summed E-state index contributed by atoms with van der Waals surface area (Å²) in [5.41, 5.74) is 2.65. The van der Waals surface area contributed by atoms with Crippen LogP contribution < -0.4 is 16.2 Å². The van der Waals surface area contributed by atoms with Crippen LogP contribution in [0.2, 0.25) is 0 Å². The Morgan fingerprint density at radius 1 is 1.07 bits per heavy atom. The van der Waals surface area contributed by atoms with Crippen molar-refractivity contribution in [2.45, 2.75) is 82.3 Å². The highest BCUT2D eigenvalue weighted by Crippen LogP contribution is 2.42. The van der Waals surface area contributed by atoms with Crippen molar-refractivity contribution < 1.29 is 18.4 Å². The number of rotatable bonds is 10. The molecular formula is C35H36F2N6O3. The summed E-state index contributed by atoms with van der Waals surface area (Å²) in [5, 5.41) is 15.9. The van der Waals surface area contributed by atoms with Gasteiger partial charge in [0.1, 0.15) is 11.4 Å². The molecule has 0 unspecified atom stereocenters. The molecule has 9 nitrogen and oxygen atoms in total. The van der Waals surface area contributed by atoms with E-state index in [1.807, 2.05) is 18.3 Å². The van der Waals surface area contributed by atoms with Crippen LogP contribution in [-0.2, 0) is 6.54 Å². The lowest BCUT2D eigenvalue weighted by Gasteiger charge is -2.39. The number of likely N-dealkylation sites (tertiary alicyclic amines) is 1. The van der Waals surface area contributed by atoms with Crippen LogP contribution in [-0.4, -0.2) is 51.3 Å². The summed E-state index contributed by atoms with van der Waals surface area (Å²) in [4.78, 5) is 46.3. The van der Waals surface area contributed by atoms with Gasteiger partial charge in [0.15, 0.2) is 0 Å². The number of hydrogen-bond acceptors (Lipinski definition) is 6. The van der Waals surface area contributed by atoms with Gasteiger partial charge in [-0.15, -0.1) is 0 Å². The SMILES string of the molecule is C[C@H](NCc1cc(C(=O)Nc2cc(-c3ccc(C#N)cc3C(=O)N3CC(F)(F)C3)cc(C3CC3)n2)c(=O)n(C2CC2)c1)C1CCC1. The number of aromatic nitrogens is 2. The summed E-state index contributed by atoms with van der Waals surface area (Å²) in [6, 6.07) is 12.2. The number of pyridine rings is 2. The van der Waals surface area contributed by atoms with Crippen LogP contribution in [0.5, 0.6) is 0 Å². The van der Waals surface area contributed by atoms with Gasteiger partial charge >= 0.3 is 0 Å². The Kier molecular flexibility index (Phi) is 7.71. The molecule has 4 aliphatic rings. The maximum Gasteiger partial charge on any atom is 0.282 e. The van der Waals surface area contributed by atoms with Gasteiger partial charge in [-0.05, 0) is 98.4 Å². The van der Waals surface area contributed by atoms with E-state index < -0.39 is 30.8 Å². The molecule has 1 atom stereocenters. The number of hydrogen-bond donors (Lipinski definition) is 2. The number of carbonyl (C=O) groups excluding carboxylic acids is 2. The normalized spacial score (nSPS) is 19.5. The van der Waals surface area contributed by atoms with E-state index in [0.29, 0.717) is 29.6 Å². The summed E-state index contributed by atoms with van der Waals surface area (Å²) in [6.07, 6.45) is 9.18. The van der Waals surface area contributed by atoms with Crippen molar-refractivity contribution in [2.75, 3.05) is 18.4 Å². The van der Waals surface area contributed by atoms with Crippen LogP contribution in [0.25, 0.3) is 11.1 Å². The molecule has 1 aliphatic heterocycles. The van der Waals surface area contributed by atoms with Crippen molar-refractivity contribution in [1.29, 1.82) is 5.26 Å². The number of amides is 2. The molecule has 1 aromatic carbocycles. The van der Waals surface area contributed by atoms with Crippen molar-refractivity contribution in [1.82, 2.24) is 19.8 Å². The van der Waals surface area contributed by atoms with Crippen LogP contribution in [0.1, 0.15) is 101 Å². The quantitative estimate of drug-likeness (QED) is 0.302. The Hall–Kier alpha value is -4.43. The second-order valence-electron chi connectivity index (χ2n) is 13.3. The third kappa shape index (κ3) is 6.18. The Labute approximate surface area is 265 Å². The Bertz CT molecular complexity index is 1810. The topological polar surface area (TPSA) is 120 Å². The van der Waals surface area contributed by atoms with Crippen molar-refractivity contribution in [3.05, 3.63) is 80.9 Å². The number of alkyl halides is 2. The van der Waals surface area contributed by atoms with Crippen LogP contribution in [0.15, 0.2) is 47.4 Å². The molecule has 0 radical (unpaired) electrons. The van der Waals surface area contributed by atoms with Gasteiger partial charge in [0, 0.05) is 42.0 Å². The Morgan fingerprint density at radius 2 is 1.83 bits per heavy atom. The summed E-state index contributed by atoms with van der Waals surface area (Å²) in [6.45, 7) is 1.36. The number of nitriles is 1. The van der Waals surface area contributed by atoms with Crippen LogP contribution >= 0.6 is 0 Å². The molecule has 3 saturated carbocycles. The van der Waals surface area contributed by atoms with E-state index in [2.05, 4.69) is 17.6 Å². The highest BCUT2D eigenvalue weighted by molar-refractivity contribution is 6.05. The second-order valence-corrected chi connectivity index (χ2v) is 13.3. The number of nitrogens with zero attached hydrogens (tertiary/aromatic N) is 4. The molecule has 0 bridgehead atoms. The van der Waals surface area contributed by atoms with Gasteiger partial charge in [-0.2, -0.15) is 5.26 Å². The first-order valence-electron chi connectivity index (χ1n) is 16.1. The molecule has 11 heteroatoms. The minimum absolute atomic E-state index is 0.0376. The van der Waals surface area contributed by atoms with E-state index in [9.17, 15) is 28.4 Å². The van der Waals surface area contributed by atoms with Crippen molar-refractivity contribution in [2.24, 2.45) is 5.92 Å². The minimum atomic E-state index is -2.93. The number of anilines is 1. The fourth-order valence-electron chi connectivity index (χ4n) is 6.34. The summed E-state index contributed by atoms with van der Waals surface area (Å²) < 4.78 is 28.9. The fraction of sp³-hybridized carbons (Fsp3) is 0.457. The van der Waals surface area contributed by atoms with Gasteiger partial charge in [-0.1, -0.05) is 12.5 Å². The van der Waals surface area contributed by atoms with E-state index in [1.54, 1.807) is 28.8 Å².